The fourth-order valence-electron chi connectivity index (χ4n) is 0.811. The average molecular weight is 221 g/mol. The Bertz CT molecular complexity index is 339. The van der Waals surface area contributed by atoms with Crippen LogP contribution < -0.4 is 0 Å². The van der Waals surface area contributed by atoms with E-state index >= 15 is 0 Å². The van der Waals surface area contributed by atoms with Crippen LogP contribution in [-0.4, -0.2) is 5.78 Å². The summed E-state index contributed by atoms with van der Waals surface area (Å²) in [6.45, 7) is 6.50. The van der Waals surface area contributed by atoms with E-state index in [0.29, 0.717) is 0 Å². The second kappa shape index (κ2) is 8.97. The van der Waals surface area contributed by atoms with Crippen molar-refractivity contribution in [2.75, 3.05) is 0 Å². The lowest BCUT2D eigenvalue weighted by Gasteiger charge is -1.88. The van der Waals surface area contributed by atoms with Crippen LogP contribution in [0.3, 0.4) is 0 Å². The largest absolute Gasteiger partial charge is 0.290 e. The Labute approximate surface area is 95.4 Å². The summed E-state index contributed by atoms with van der Waals surface area (Å²) >= 11 is 4.76. The Morgan fingerprint density at radius 2 is 1.73 bits per heavy atom. The highest BCUT2D eigenvalue weighted by molar-refractivity contribution is 6.25. The molecule has 0 unspecified atom stereocenters. The Morgan fingerprint density at radius 3 is 2.20 bits per heavy atom. The van der Waals surface area contributed by atoms with Gasteiger partial charge in [0.05, 0.1) is 0 Å². The zero-order valence-electron chi connectivity index (χ0n) is 8.40. The highest BCUT2D eigenvalue weighted by Gasteiger charge is 1.86. The second-order valence-electron chi connectivity index (χ2n) is 2.50. The third kappa shape index (κ3) is 7.47. The average Bonchev–Trinajstić information content (AvgIpc) is 2.28. The van der Waals surface area contributed by atoms with Crippen LogP contribution in [0.15, 0.2) is 61.2 Å². The van der Waals surface area contributed by atoms with Gasteiger partial charge in [0.2, 0.25) is 0 Å². The molecule has 0 bridgehead atoms. The van der Waals surface area contributed by atoms with Crippen LogP contribution in [-0.2, 0) is 4.79 Å². The van der Waals surface area contributed by atoms with E-state index in [2.05, 4.69) is 13.2 Å². The molecule has 0 aliphatic rings. The third-order valence-electron chi connectivity index (χ3n) is 1.44. The van der Waals surface area contributed by atoms with Gasteiger partial charge in [0.25, 0.3) is 0 Å². The first kappa shape index (κ1) is 13.4. The number of carbonyl (C=O) groups is 1. The zero-order valence-corrected chi connectivity index (χ0v) is 9.15. The normalized spacial score (nSPS) is 8.87. The molecule has 1 aromatic carbocycles. The molecule has 0 saturated heterocycles. The highest BCUT2D eigenvalue weighted by atomic mass is 35.5. The standard InChI is InChI=1S/C11H10O.C2H3Cl/c1-2-11(12)9-8-10-6-4-3-5-7-10;1-2-3/h2-9H,1H2;2H,1H2. The van der Waals surface area contributed by atoms with Crippen molar-refractivity contribution in [1.29, 1.82) is 0 Å². The van der Waals surface area contributed by atoms with Gasteiger partial charge >= 0.3 is 0 Å². The Morgan fingerprint density at radius 1 is 1.20 bits per heavy atom. The van der Waals surface area contributed by atoms with Crippen LogP contribution in [0.1, 0.15) is 5.56 Å². The number of ketones is 1. The molecule has 0 radical (unpaired) electrons. The van der Waals surface area contributed by atoms with Crippen molar-refractivity contribution in [2.24, 2.45) is 0 Å². The maximum absolute atomic E-state index is 10.8. The molecule has 0 N–H and O–H groups in total. The minimum atomic E-state index is -0.0705. The summed E-state index contributed by atoms with van der Waals surface area (Å²) in [7, 11) is 0. The lowest BCUT2D eigenvalue weighted by Crippen LogP contribution is -1.82. The smallest absolute Gasteiger partial charge is 0.178 e. The van der Waals surface area contributed by atoms with Crippen molar-refractivity contribution < 1.29 is 4.79 Å². The maximum atomic E-state index is 10.8. The second-order valence-corrected chi connectivity index (χ2v) is 2.81. The molecule has 1 aromatic rings. The fraction of sp³-hybridized carbons (Fsp3) is 0. The summed E-state index contributed by atoms with van der Waals surface area (Å²) < 4.78 is 0. The Hall–Kier alpha value is -1.60. The van der Waals surface area contributed by atoms with E-state index in [4.69, 9.17) is 11.6 Å². The van der Waals surface area contributed by atoms with Crippen molar-refractivity contribution in [2.45, 2.75) is 0 Å². The maximum Gasteiger partial charge on any atom is 0.178 e. The third-order valence-corrected chi connectivity index (χ3v) is 1.44. The molecule has 0 atom stereocenters. The number of hydrogen-bond donors (Lipinski definition) is 0. The lowest BCUT2D eigenvalue weighted by molar-refractivity contribution is -0.110. The minimum absolute atomic E-state index is 0.0705. The van der Waals surface area contributed by atoms with E-state index in [0.717, 1.165) is 5.56 Å². The van der Waals surface area contributed by atoms with Gasteiger partial charge in [-0.05, 0) is 23.3 Å². The van der Waals surface area contributed by atoms with Gasteiger partial charge in [-0.15, -0.1) is 0 Å². The van der Waals surface area contributed by atoms with Crippen LogP contribution in [0, 0.1) is 0 Å². The molecule has 1 rings (SSSR count). The number of halogens is 1. The molecule has 0 aliphatic heterocycles. The zero-order chi connectivity index (χ0) is 11.5. The number of rotatable bonds is 3. The Balaban J connectivity index is 0.000000583. The van der Waals surface area contributed by atoms with E-state index in [1.807, 2.05) is 30.3 Å². The van der Waals surface area contributed by atoms with Crippen LogP contribution in [0.4, 0.5) is 0 Å². The fourth-order valence-corrected chi connectivity index (χ4v) is 0.811. The lowest BCUT2D eigenvalue weighted by atomic mass is 10.2. The summed E-state index contributed by atoms with van der Waals surface area (Å²) in [6.07, 6.45) is 4.56. The quantitative estimate of drug-likeness (QED) is 0.708. The topological polar surface area (TPSA) is 17.1 Å². The summed E-state index contributed by atoms with van der Waals surface area (Å²) in [5.41, 5.74) is 2.24. The molecule has 0 aliphatic carbocycles. The first-order chi connectivity index (χ1) is 7.24. The van der Waals surface area contributed by atoms with E-state index in [9.17, 15) is 4.79 Å². The molecular formula is C13H13ClO. The number of allylic oxidation sites excluding steroid dienone is 2. The SMILES string of the molecule is C=CC(=O)C=Cc1ccccc1.C=CCl. The number of benzene rings is 1. The van der Waals surface area contributed by atoms with Crippen molar-refractivity contribution in [3.63, 3.8) is 0 Å². The van der Waals surface area contributed by atoms with Gasteiger partial charge < -0.3 is 0 Å². The predicted molar refractivity (Wildman–Crippen MR) is 66.7 cm³/mol. The summed E-state index contributed by atoms with van der Waals surface area (Å²) in [4.78, 5) is 10.8. The van der Waals surface area contributed by atoms with Crippen LogP contribution in [0.25, 0.3) is 6.08 Å². The minimum Gasteiger partial charge on any atom is -0.290 e. The van der Waals surface area contributed by atoms with E-state index in [1.54, 1.807) is 6.08 Å². The van der Waals surface area contributed by atoms with Crippen LogP contribution >= 0.6 is 11.6 Å². The molecule has 1 nitrogen and oxygen atoms in total. The van der Waals surface area contributed by atoms with Crippen molar-refractivity contribution >= 4 is 23.5 Å². The monoisotopic (exact) mass is 220 g/mol. The van der Waals surface area contributed by atoms with Gasteiger partial charge in [0.1, 0.15) is 0 Å². The van der Waals surface area contributed by atoms with Crippen molar-refractivity contribution in [1.82, 2.24) is 0 Å². The molecule has 0 heterocycles. The first-order valence-corrected chi connectivity index (χ1v) is 4.79. The predicted octanol–water partition coefficient (Wildman–Crippen LogP) is 3.82. The van der Waals surface area contributed by atoms with Gasteiger partial charge in [-0.25, -0.2) is 0 Å². The molecular weight excluding hydrogens is 208 g/mol. The van der Waals surface area contributed by atoms with Gasteiger partial charge in [-0.1, -0.05) is 61.2 Å². The molecule has 2 heteroatoms. The van der Waals surface area contributed by atoms with Gasteiger partial charge in [-0.3, -0.25) is 4.79 Å². The van der Waals surface area contributed by atoms with E-state index in [1.165, 1.54) is 17.7 Å². The van der Waals surface area contributed by atoms with Gasteiger partial charge in [-0.2, -0.15) is 0 Å². The molecule has 78 valence electrons. The molecule has 0 spiro atoms. The van der Waals surface area contributed by atoms with E-state index < -0.39 is 0 Å². The Kier molecular flexibility index (Phi) is 8.02. The molecule has 0 saturated carbocycles. The molecule has 0 fully saturated rings. The van der Waals surface area contributed by atoms with Crippen LogP contribution in [0.5, 0.6) is 0 Å². The summed E-state index contributed by atoms with van der Waals surface area (Å²) in [5, 5.41) is 0. The molecule has 0 aromatic heterocycles. The number of hydrogen-bond acceptors (Lipinski definition) is 1. The van der Waals surface area contributed by atoms with Crippen molar-refractivity contribution in [3.05, 3.63) is 66.7 Å². The summed E-state index contributed by atoms with van der Waals surface area (Å²) in [6, 6.07) is 9.67. The van der Waals surface area contributed by atoms with Crippen molar-refractivity contribution in [3.8, 4) is 0 Å². The number of carbonyl (C=O) groups excluding carboxylic acids is 1. The molecule has 15 heavy (non-hydrogen) atoms. The highest BCUT2D eigenvalue weighted by Crippen LogP contribution is 2.00. The molecule has 0 amide bonds. The van der Waals surface area contributed by atoms with Gasteiger partial charge in [0, 0.05) is 0 Å². The van der Waals surface area contributed by atoms with Gasteiger partial charge in [0.15, 0.2) is 5.78 Å². The van der Waals surface area contributed by atoms with E-state index in [-0.39, 0.29) is 5.78 Å². The first-order valence-electron chi connectivity index (χ1n) is 4.35. The van der Waals surface area contributed by atoms with Crippen LogP contribution in [0.2, 0.25) is 0 Å². The summed E-state index contributed by atoms with van der Waals surface area (Å²) in [5.74, 6) is -0.0705.